The molecule has 1 aliphatic heterocycles. The molecule has 0 unspecified atom stereocenters. The molecule has 24 heavy (non-hydrogen) atoms. The second-order valence-electron chi connectivity index (χ2n) is 5.77. The average molecular weight is 363 g/mol. The van der Waals surface area contributed by atoms with E-state index in [1.807, 2.05) is 0 Å². The summed E-state index contributed by atoms with van der Waals surface area (Å²) in [5, 5.41) is 8.11. The Kier molecular flexibility index (Phi) is 3.59. The van der Waals surface area contributed by atoms with Crippen LogP contribution in [0.4, 0.5) is 0 Å². The minimum absolute atomic E-state index is 0.145. The lowest BCUT2D eigenvalue weighted by Gasteiger charge is -2.17. The Morgan fingerprint density at radius 3 is 2.96 bits per heavy atom. The van der Waals surface area contributed by atoms with Crippen LogP contribution in [0.5, 0.6) is 0 Å². The molecule has 1 aliphatic rings. The Bertz CT molecular complexity index is 1060. The van der Waals surface area contributed by atoms with Crippen LogP contribution in [0.3, 0.4) is 0 Å². The largest absolute Gasteiger partial charge is 0.312 e. The number of hydrogen-bond acceptors (Lipinski definition) is 5. The highest BCUT2D eigenvalue weighted by atomic mass is 35.5. The Morgan fingerprint density at radius 2 is 2.17 bits per heavy atom. The lowest BCUT2D eigenvalue weighted by atomic mass is 10.1. The molecule has 1 N–H and O–H groups in total. The first-order chi connectivity index (χ1) is 11.5. The van der Waals surface area contributed by atoms with E-state index in [2.05, 4.69) is 15.4 Å². The van der Waals surface area contributed by atoms with E-state index >= 15 is 0 Å². The lowest BCUT2D eigenvalue weighted by Crippen LogP contribution is -2.26. The minimum atomic E-state index is -3.75. The molecule has 4 rings (SSSR count). The summed E-state index contributed by atoms with van der Waals surface area (Å²) in [6.07, 6.45) is 2.51. The van der Waals surface area contributed by atoms with Gasteiger partial charge in [0.2, 0.25) is 9.84 Å². The zero-order valence-electron chi connectivity index (χ0n) is 13.0. The first-order valence-electron chi connectivity index (χ1n) is 7.56. The zero-order chi connectivity index (χ0) is 16.9. The molecule has 0 saturated carbocycles. The number of benzene rings is 1. The van der Waals surface area contributed by atoms with E-state index < -0.39 is 9.84 Å². The molecule has 0 atom stereocenters. The fraction of sp³-hybridized carbons (Fsp3) is 0.250. The predicted octanol–water partition coefficient (Wildman–Crippen LogP) is 2.17. The molecule has 124 valence electrons. The van der Waals surface area contributed by atoms with Crippen LogP contribution in [0.15, 0.2) is 40.3 Å². The van der Waals surface area contributed by atoms with Gasteiger partial charge in [0.1, 0.15) is 4.90 Å². The standard InChI is InChI=1S/C16H15ClN4O2S/c1-10-15(24(22,23)13-4-2-3-12(17)7-13)16-19-9-11-8-18-6-5-14(11)21(16)20-10/h2-4,7,9,18H,5-6,8H2,1H3. The maximum atomic E-state index is 13.1. The van der Waals surface area contributed by atoms with E-state index in [0.29, 0.717) is 22.9 Å². The van der Waals surface area contributed by atoms with Gasteiger partial charge in [-0.1, -0.05) is 17.7 Å². The molecule has 0 bridgehead atoms. The summed E-state index contributed by atoms with van der Waals surface area (Å²) in [6.45, 7) is 3.24. The van der Waals surface area contributed by atoms with E-state index in [-0.39, 0.29) is 9.79 Å². The molecule has 3 aromatic rings. The highest BCUT2D eigenvalue weighted by molar-refractivity contribution is 7.91. The zero-order valence-corrected chi connectivity index (χ0v) is 14.5. The summed E-state index contributed by atoms with van der Waals surface area (Å²) < 4.78 is 27.8. The van der Waals surface area contributed by atoms with Crippen molar-refractivity contribution >= 4 is 27.1 Å². The van der Waals surface area contributed by atoms with Crippen LogP contribution in [0, 0.1) is 6.92 Å². The third-order valence-corrected chi connectivity index (χ3v) is 6.31. The molecule has 0 amide bonds. The first kappa shape index (κ1) is 15.6. The van der Waals surface area contributed by atoms with Crippen LogP contribution >= 0.6 is 11.6 Å². The molecule has 0 spiro atoms. The van der Waals surface area contributed by atoms with E-state index in [1.54, 1.807) is 29.8 Å². The van der Waals surface area contributed by atoms with Gasteiger partial charge in [-0.25, -0.2) is 17.9 Å². The second kappa shape index (κ2) is 5.54. The molecule has 2 aromatic heterocycles. The molecular weight excluding hydrogens is 348 g/mol. The van der Waals surface area contributed by atoms with Gasteiger partial charge in [0.15, 0.2) is 5.65 Å². The van der Waals surface area contributed by atoms with Crippen LogP contribution < -0.4 is 5.32 Å². The van der Waals surface area contributed by atoms with E-state index in [1.165, 1.54) is 12.1 Å². The van der Waals surface area contributed by atoms with Crippen LogP contribution in [-0.4, -0.2) is 29.6 Å². The number of fused-ring (bicyclic) bond motifs is 3. The summed E-state index contributed by atoms with van der Waals surface area (Å²) in [4.78, 5) is 4.67. The number of sulfone groups is 1. The average Bonchev–Trinajstić information content (AvgIpc) is 2.92. The SMILES string of the molecule is Cc1nn2c3c(cnc2c1S(=O)(=O)c1cccc(Cl)c1)CNCC3. The third-order valence-electron chi connectivity index (χ3n) is 4.18. The van der Waals surface area contributed by atoms with Crippen LogP contribution in [0.1, 0.15) is 17.0 Å². The van der Waals surface area contributed by atoms with Crippen molar-refractivity contribution in [3.05, 3.63) is 52.4 Å². The van der Waals surface area contributed by atoms with E-state index in [9.17, 15) is 8.42 Å². The summed E-state index contributed by atoms with van der Waals surface area (Å²) in [5.41, 5.74) is 2.86. The molecule has 6 nitrogen and oxygen atoms in total. The van der Waals surface area contributed by atoms with E-state index in [4.69, 9.17) is 11.6 Å². The van der Waals surface area contributed by atoms with Gasteiger partial charge in [-0.15, -0.1) is 0 Å². The molecular formula is C16H15ClN4O2S. The van der Waals surface area contributed by atoms with Gasteiger partial charge in [-0.05, 0) is 25.1 Å². The smallest absolute Gasteiger partial charge is 0.212 e. The first-order valence-corrected chi connectivity index (χ1v) is 9.42. The molecule has 0 aliphatic carbocycles. The highest BCUT2D eigenvalue weighted by Crippen LogP contribution is 2.29. The maximum Gasteiger partial charge on any atom is 0.212 e. The fourth-order valence-electron chi connectivity index (χ4n) is 3.06. The maximum absolute atomic E-state index is 13.1. The van der Waals surface area contributed by atoms with Crippen molar-refractivity contribution in [1.29, 1.82) is 0 Å². The Labute approximate surface area is 144 Å². The normalized spacial score (nSPS) is 14.8. The summed E-state index contributed by atoms with van der Waals surface area (Å²) in [7, 11) is -3.75. The van der Waals surface area contributed by atoms with Gasteiger partial charge in [-0.3, -0.25) is 0 Å². The second-order valence-corrected chi connectivity index (χ2v) is 8.09. The van der Waals surface area contributed by atoms with Crippen molar-refractivity contribution in [3.8, 4) is 0 Å². The molecule has 0 radical (unpaired) electrons. The van der Waals surface area contributed by atoms with Crippen LogP contribution in [0.2, 0.25) is 5.02 Å². The van der Waals surface area contributed by atoms with Crippen molar-refractivity contribution in [1.82, 2.24) is 19.9 Å². The lowest BCUT2D eigenvalue weighted by molar-refractivity contribution is 0.596. The van der Waals surface area contributed by atoms with Crippen molar-refractivity contribution in [2.45, 2.75) is 29.7 Å². The number of nitrogens with one attached hydrogen (secondary N) is 1. The van der Waals surface area contributed by atoms with Crippen LogP contribution in [0.25, 0.3) is 5.65 Å². The molecule has 3 heterocycles. The topological polar surface area (TPSA) is 76.4 Å². The van der Waals surface area contributed by atoms with Gasteiger partial charge >= 0.3 is 0 Å². The van der Waals surface area contributed by atoms with Crippen molar-refractivity contribution in [2.24, 2.45) is 0 Å². The number of aryl methyl sites for hydroxylation is 1. The Morgan fingerprint density at radius 1 is 1.33 bits per heavy atom. The fourth-order valence-corrected chi connectivity index (χ4v) is 4.90. The summed E-state index contributed by atoms with van der Waals surface area (Å²) >= 11 is 5.96. The number of aromatic nitrogens is 3. The number of hydrogen-bond donors (Lipinski definition) is 1. The molecule has 0 fully saturated rings. The van der Waals surface area contributed by atoms with E-state index in [0.717, 1.165) is 24.2 Å². The van der Waals surface area contributed by atoms with Gasteiger partial charge in [0.25, 0.3) is 0 Å². The van der Waals surface area contributed by atoms with Crippen molar-refractivity contribution < 1.29 is 8.42 Å². The highest BCUT2D eigenvalue weighted by Gasteiger charge is 2.28. The Balaban J connectivity index is 1.99. The summed E-state index contributed by atoms with van der Waals surface area (Å²) in [5.74, 6) is 0. The van der Waals surface area contributed by atoms with Gasteiger partial charge < -0.3 is 5.32 Å². The van der Waals surface area contributed by atoms with Crippen LogP contribution in [-0.2, 0) is 22.8 Å². The van der Waals surface area contributed by atoms with Crippen molar-refractivity contribution in [3.63, 3.8) is 0 Å². The number of halogens is 1. The minimum Gasteiger partial charge on any atom is -0.312 e. The quantitative estimate of drug-likeness (QED) is 0.756. The van der Waals surface area contributed by atoms with Crippen molar-refractivity contribution in [2.75, 3.05) is 6.54 Å². The number of nitrogens with zero attached hydrogens (tertiary/aromatic N) is 3. The number of rotatable bonds is 2. The van der Waals surface area contributed by atoms with Gasteiger partial charge in [0.05, 0.1) is 16.3 Å². The molecule has 8 heteroatoms. The summed E-state index contributed by atoms with van der Waals surface area (Å²) in [6, 6.07) is 6.25. The van der Waals surface area contributed by atoms with Gasteiger partial charge in [0, 0.05) is 36.3 Å². The predicted molar refractivity (Wildman–Crippen MR) is 90.0 cm³/mol. The monoisotopic (exact) mass is 362 g/mol. The van der Waals surface area contributed by atoms with Gasteiger partial charge in [-0.2, -0.15) is 5.10 Å². The third kappa shape index (κ3) is 2.31. The molecule has 0 saturated heterocycles. The molecule has 1 aromatic carbocycles. The Hall–Kier alpha value is -1.96.